The maximum Gasteiger partial charge on any atom is 0.243 e. The van der Waals surface area contributed by atoms with Gasteiger partial charge in [0, 0.05) is 32.7 Å². The van der Waals surface area contributed by atoms with Crippen molar-refractivity contribution in [2.75, 3.05) is 26.9 Å². The molecule has 3 aromatic rings. The molecule has 0 aliphatic heterocycles. The summed E-state index contributed by atoms with van der Waals surface area (Å²) in [5.41, 5.74) is 2.84. The van der Waals surface area contributed by atoms with Crippen LogP contribution >= 0.6 is 0 Å². The lowest BCUT2D eigenvalue weighted by molar-refractivity contribution is -0.140. The molecule has 0 spiro atoms. The minimum atomic E-state index is -0.655. The molecule has 6 heteroatoms. The van der Waals surface area contributed by atoms with Gasteiger partial charge in [0.15, 0.2) is 0 Å². The number of hydrogen-bond donors (Lipinski definition) is 1. The lowest BCUT2D eigenvalue weighted by atomic mass is 10.0. The zero-order chi connectivity index (χ0) is 25.6. The highest BCUT2D eigenvalue weighted by molar-refractivity contribution is 5.88. The maximum atomic E-state index is 13.7. The van der Waals surface area contributed by atoms with Crippen LogP contribution in [0, 0.1) is 0 Å². The van der Waals surface area contributed by atoms with E-state index in [4.69, 9.17) is 9.47 Å². The standard InChI is InChI=1S/C30H36N2O4/c1-3-36-20-10-19-31-30(34)28(21-24-11-6-4-7-12-24)32(23-26-15-17-27(35-2)18-16-26)29(33)22-25-13-8-5-9-14-25/h4-9,11-18,28H,3,10,19-23H2,1-2H3,(H,31,34)/t28-/m0/s1. The van der Waals surface area contributed by atoms with Gasteiger partial charge in [-0.15, -0.1) is 0 Å². The molecule has 0 aliphatic rings. The van der Waals surface area contributed by atoms with Gasteiger partial charge in [-0.3, -0.25) is 9.59 Å². The van der Waals surface area contributed by atoms with Crippen molar-refractivity contribution in [3.63, 3.8) is 0 Å². The van der Waals surface area contributed by atoms with E-state index in [0.29, 0.717) is 39.1 Å². The quantitative estimate of drug-likeness (QED) is 0.341. The fourth-order valence-electron chi connectivity index (χ4n) is 4.00. The Morgan fingerprint density at radius 2 is 1.50 bits per heavy atom. The Balaban J connectivity index is 1.87. The molecule has 1 atom stereocenters. The van der Waals surface area contributed by atoms with Crippen molar-refractivity contribution in [2.24, 2.45) is 0 Å². The van der Waals surface area contributed by atoms with Crippen molar-refractivity contribution in [1.29, 1.82) is 0 Å². The molecule has 36 heavy (non-hydrogen) atoms. The summed E-state index contributed by atoms with van der Waals surface area (Å²) in [6, 6.07) is 26.4. The Morgan fingerprint density at radius 1 is 0.861 bits per heavy atom. The highest BCUT2D eigenvalue weighted by Crippen LogP contribution is 2.18. The van der Waals surface area contributed by atoms with Gasteiger partial charge in [0.2, 0.25) is 11.8 Å². The average Bonchev–Trinajstić information content (AvgIpc) is 2.92. The van der Waals surface area contributed by atoms with Gasteiger partial charge in [-0.2, -0.15) is 0 Å². The summed E-state index contributed by atoms with van der Waals surface area (Å²) < 4.78 is 10.7. The van der Waals surface area contributed by atoms with E-state index in [-0.39, 0.29) is 18.2 Å². The second-order valence-corrected chi connectivity index (χ2v) is 8.58. The fraction of sp³-hybridized carbons (Fsp3) is 0.333. The third-order valence-corrected chi connectivity index (χ3v) is 5.95. The van der Waals surface area contributed by atoms with Crippen molar-refractivity contribution in [3.05, 3.63) is 102 Å². The number of nitrogens with one attached hydrogen (secondary N) is 1. The molecule has 0 unspecified atom stereocenters. The van der Waals surface area contributed by atoms with Crippen LogP contribution in [0.2, 0.25) is 0 Å². The van der Waals surface area contributed by atoms with Crippen molar-refractivity contribution in [3.8, 4) is 5.75 Å². The molecule has 0 saturated heterocycles. The number of carbonyl (C=O) groups is 2. The van der Waals surface area contributed by atoms with E-state index in [1.54, 1.807) is 12.0 Å². The van der Waals surface area contributed by atoms with Gasteiger partial charge >= 0.3 is 0 Å². The van der Waals surface area contributed by atoms with Crippen LogP contribution in [-0.4, -0.2) is 49.6 Å². The summed E-state index contributed by atoms with van der Waals surface area (Å²) in [5, 5.41) is 3.03. The minimum absolute atomic E-state index is 0.0950. The predicted molar refractivity (Wildman–Crippen MR) is 142 cm³/mol. The summed E-state index contributed by atoms with van der Waals surface area (Å²) >= 11 is 0. The van der Waals surface area contributed by atoms with Crippen molar-refractivity contribution >= 4 is 11.8 Å². The molecule has 0 bridgehead atoms. The third-order valence-electron chi connectivity index (χ3n) is 5.95. The van der Waals surface area contributed by atoms with Crippen LogP contribution in [0.5, 0.6) is 5.75 Å². The molecule has 6 nitrogen and oxygen atoms in total. The summed E-state index contributed by atoms with van der Waals surface area (Å²) in [4.78, 5) is 28.9. The van der Waals surface area contributed by atoms with Gasteiger partial charge in [0.25, 0.3) is 0 Å². The summed E-state index contributed by atoms with van der Waals surface area (Å²) in [5.74, 6) is 0.487. The zero-order valence-electron chi connectivity index (χ0n) is 21.2. The highest BCUT2D eigenvalue weighted by Gasteiger charge is 2.30. The normalized spacial score (nSPS) is 11.5. The number of hydrogen-bond acceptors (Lipinski definition) is 4. The number of ether oxygens (including phenoxy) is 2. The molecular weight excluding hydrogens is 452 g/mol. The Morgan fingerprint density at radius 3 is 2.11 bits per heavy atom. The second kappa shape index (κ2) is 14.7. The largest absolute Gasteiger partial charge is 0.497 e. The topological polar surface area (TPSA) is 67.9 Å². The van der Waals surface area contributed by atoms with Crippen LogP contribution < -0.4 is 10.1 Å². The molecular formula is C30H36N2O4. The first-order chi connectivity index (χ1) is 17.6. The SMILES string of the molecule is CCOCCCNC(=O)[C@H](Cc1ccccc1)N(Cc1ccc(OC)cc1)C(=O)Cc1ccccc1. The van der Waals surface area contributed by atoms with Crippen LogP contribution in [-0.2, 0) is 33.7 Å². The van der Waals surface area contributed by atoms with E-state index in [2.05, 4.69) is 5.32 Å². The van der Waals surface area contributed by atoms with Gasteiger partial charge in [0.1, 0.15) is 11.8 Å². The molecule has 3 aromatic carbocycles. The minimum Gasteiger partial charge on any atom is -0.497 e. The zero-order valence-corrected chi connectivity index (χ0v) is 21.2. The molecule has 0 radical (unpaired) electrons. The lowest BCUT2D eigenvalue weighted by Gasteiger charge is -2.32. The highest BCUT2D eigenvalue weighted by atomic mass is 16.5. The van der Waals surface area contributed by atoms with Crippen LogP contribution in [0.25, 0.3) is 0 Å². The molecule has 2 amide bonds. The Bertz CT molecular complexity index is 1060. The van der Waals surface area contributed by atoms with E-state index in [0.717, 1.165) is 22.4 Å². The van der Waals surface area contributed by atoms with Crippen LogP contribution in [0.3, 0.4) is 0 Å². The molecule has 0 aromatic heterocycles. The molecule has 190 valence electrons. The summed E-state index contributed by atoms with van der Waals surface area (Å²) in [6.07, 6.45) is 1.36. The van der Waals surface area contributed by atoms with Crippen molar-refractivity contribution in [1.82, 2.24) is 10.2 Å². The Kier molecular flexibility index (Phi) is 11.0. The third kappa shape index (κ3) is 8.54. The Hall–Kier alpha value is -3.64. The first-order valence-corrected chi connectivity index (χ1v) is 12.5. The van der Waals surface area contributed by atoms with Gasteiger partial charge in [-0.25, -0.2) is 0 Å². The molecule has 0 fully saturated rings. The molecule has 0 heterocycles. The van der Waals surface area contributed by atoms with Crippen molar-refractivity contribution < 1.29 is 19.1 Å². The van der Waals surface area contributed by atoms with E-state index >= 15 is 0 Å². The van der Waals surface area contributed by atoms with Crippen LogP contribution in [0.4, 0.5) is 0 Å². The van der Waals surface area contributed by atoms with Gasteiger partial charge < -0.3 is 19.7 Å². The van der Waals surface area contributed by atoms with Crippen LogP contribution in [0.15, 0.2) is 84.9 Å². The van der Waals surface area contributed by atoms with Gasteiger partial charge in [-0.05, 0) is 42.2 Å². The lowest BCUT2D eigenvalue weighted by Crippen LogP contribution is -2.51. The average molecular weight is 489 g/mol. The number of benzene rings is 3. The Labute approximate surface area is 214 Å². The summed E-state index contributed by atoms with van der Waals surface area (Å²) in [6.45, 7) is 3.99. The number of nitrogens with zero attached hydrogens (tertiary/aromatic N) is 1. The van der Waals surface area contributed by atoms with E-state index < -0.39 is 6.04 Å². The molecule has 1 N–H and O–H groups in total. The number of methoxy groups -OCH3 is 1. The maximum absolute atomic E-state index is 13.7. The molecule has 0 saturated carbocycles. The molecule has 3 rings (SSSR count). The number of carbonyl (C=O) groups excluding carboxylic acids is 2. The fourth-order valence-corrected chi connectivity index (χ4v) is 4.00. The number of amides is 2. The van der Waals surface area contributed by atoms with E-state index in [1.807, 2.05) is 91.9 Å². The van der Waals surface area contributed by atoms with Gasteiger partial charge in [0.05, 0.1) is 13.5 Å². The van der Waals surface area contributed by atoms with Gasteiger partial charge in [-0.1, -0.05) is 72.8 Å². The van der Waals surface area contributed by atoms with E-state index in [1.165, 1.54) is 0 Å². The van der Waals surface area contributed by atoms with Crippen LogP contribution in [0.1, 0.15) is 30.0 Å². The second-order valence-electron chi connectivity index (χ2n) is 8.58. The van der Waals surface area contributed by atoms with E-state index in [9.17, 15) is 9.59 Å². The number of rotatable bonds is 14. The summed E-state index contributed by atoms with van der Waals surface area (Å²) in [7, 11) is 1.62. The predicted octanol–water partition coefficient (Wildman–Crippen LogP) is 4.42. The molecule has 0 aliphatic carbocycles. The van der Waals surface area contributed by atoms with Crippen molar-refractivity contribution in [2.45, 2.75) is 38.8 Å². The monoisotopic (exact) mass is 488 g/mol. The smallest absolute Gasteiger partial charge is 0.243 e. The first-order valence-electron chi connectivity index (χ1n) is 12.5. The first kappa shape index (κ1) is 27.0.